The maximum Gasteiger partial charge on any atom is 1.00 e. The fourth-order valence-corrected chi connectivity index (χ4v) is 7.33. The zero-order valence-electron chi connectivity index (χ0n) is 58.1. The number of carboxylic acids is 1. The number of allylic oxidation sites excluding steroid dienone is 1. The Morgan fingerprint density at radius 1 is 0.580 bits per heavy atom. The first kappa shape index (κ1) is 91.5. The number of esters is 4. The molecule has 16 nitrogen and oxygen atoms in total. The number of ketones is 1. The number of carboxylic acid groups (broad SMARTS) is 1. The van der Waals surface area contributed by atoms with E-state index in [4.69, 9.17) is 35.5 Å². The number of benzene rings is 4. The Kier molecular flexibility index (Phi) is 49.6. The van der Waals surface area contributed by atoms with Crippen LogP contribution < -0.4 is 49.2 Å². The van der Waals surface area contributed by atoms with Crippen molar-refractivity contribution in [2.75, 3.05) is 13.3 Å². The predicted octanol–water partition coefficient (Wildman–Crippen LogP) is 9.43. The number of ether oxygens (including phenoxy) is 4. The second-order valence-corrected chi connectivity index (χ2v) is 28.3. The van der Waals surface area contributed by atoms with Gasteiger partial charge in [-0.25, -0.2) is 11.0 Å². The van der Waals surface area contributed by atoms with Crippen molar-refractivity contribution < 1.29 is 96.5 Å². The molecule has 0 fully saturated rings. The van der Waals surface area contributed by atoms with Crippen LogP contribution in [0.25, 0.3) is 5.32 Å². The smallest absolute Gasteiger partial charge is 0.652 e. The van der Waals surface area contributed by atoms with Gasteiger partial charge in [0.1, 0.15) is 28.2 Å². The molecule has 0 radical (unpaired) electrons. The molecule has 0 bridgehead atoms. The Labute approximate surface area is 556 Å². The Balaban J connectivity index is -0.000000240. The van der Waals surface area contributed by atoms with Crippen LogP contribution in [0.5, 0.6) is 0 Å². The van der Waals surface area contributed by atoms with Crippen LogP contribution in [0.1, 0.15) is 194 Å². The minimum absolute atomic E-state index is 0. The first-order valence-corrected chi connectivity index (χ1v) is 31.7. The topological polar surface area (TPSA) is 246 Å². The zero-order chi connectivity index (χ0) is 67.1. The van der Waals surface area contributed by atoms with E-state index in [0.717, 1.165) is 19.3 Å². The van der Waals surface area contributed by atoms with Crippen LogP contribution >= 0.6 is 7.14 Å². The summed E-state index contributed by atoms with van der Waals surface area (Å²) in [5, 5.41) is 12.7. The standard InChI is InChI=1S/C23H31NO2.C15H16N.C8H17NO2.C8H16O3P.C8H14O2.C4H9NO2.C3H6O.2Li.H2/c1-18(16-22(25)26-23(3,4)5)24(17-20-12-8-6-9-13-20)19(2)21-14-10-7-11-15-21;1-13(15-10-6-3-7-11-15)16-12-14-8-4-2-5-9-14;1-6(9)5-7(10)11-8(2,3)4;1-8(2,3)11-7(9)6-12(4,5)10;1-5-6-7(9)10-8(2,3)4;1-3(5)2-4(6)7;1-3(2)4;;;/h6-15,18-19H,16-17H2,1-5H3;2-11,13H,12H2,1H3;6H,5,9H2,1-4H3;6H,1-5H3;5-6H,1-4H3;3H,2,5H2,1H3,(H,6,7);1-2H3;;;1H/q;-1;;-1;;;;2*+1;/b;;;;6-5+;;;;;/t18-,19-;13-;6-;;;3-;;;;/m111..1..../s1. The van der Waals surface area contributed by atoms with Crippen molar-refractivity contribution in [2.45, 2.75) is 223 Å². The summed E-state index contributed by atoms with van der Waals surface area (Å²) in [4.78, 5) is 66.6. The van der Waals surface area contributed by atoms with Gasteiger partial charge in [-0.3, -0.25) is 24.1 Å². The summed E-state index contributed by atoms with van der Waals surface area (Å²) < 4.78 is 31.6. The molecule has 5 N–H and O–H groups in total. The summed E-state index contributed by atoms with van der Waals surface area (Å²) in [5.74, 6) is -1.84. The fourth-order valence-electron chi connectivity index (χ4n) is 6.77. The van der Waals surface area contributed by atoms with Gasteiger partial charge in [0.25, 0.3) is 0 Å². The van der Waals surface area contributed by atoms with Gasteiger partial charge in [-0.1, -0.05) is 145 Å². The first-order valence-electron chi connectivity index (χ1n) is 29.1. The third-order valence-electron chi connectivity index (χ3n) is 10.0. The Morgan fingerprint density at radius 3 is 1.26 bits per heavy atom. The third-order valence-corrected chi connectivity index (χ3v) is 10.9. The molecular formula is C69H111Li2N4O12P. The van der Waals surface area contributed by atoms with Crippen molar-refractivity contribution >= 4 is 42.8 Å². The Bertz CT molecular complexity index is 2580. The third kappa shape index (κ3) is 61.0. The number of Topliss-reactive ketones (excluding diaryl/α,β-unsaturated/α-hetero) is 1. The van der Waals surface area contributed by atoms with Crippen LogP contribution in [0.2, 0.25) is 0 Å². The van der Waals surface area contributed by atoms with E-state index < -0.39 is 35.9 Å². The zero-order valence-corrected chi connectivity index (χ0v) is 59.0. The number of hydrogen-bond donors (Lipinski definition) is 3. The van der Waals surface area contributed by atoms with Gasteiger partial charge in [0.15, 0.2) is 5.97 Å². The SMILES string of the molecule is C/C=C/C(=O)OC(C)(C)C.CC(C)(C)OC(=O)[CH-]P(C)(C)=O.CC(C)=O.C[C@@H](N)CC(=O)O.C[C@@H](N)CC(=O)OC(C)(C)C.C[C@@H]([N-]Cc1ccccc1)c1ccccc1.C[C@H](CC(=O)OC(C)(C)C)N(Cc1ccccc1)[C@H](C)c1ccccc1.[HH].[Li+].[Li+]. The van der Waals surface area contributed by atoms with Crippen LogP contribution in [0.4, 0.5) is 0 Å². The number of nitrogens with zero attached hydrogens (tertiary/aromatic N) is 2. The van der Waals surface area contributed by atoms with Crippen molar-refractivity contribution in [2.24, 2.45) is 11.5 Å². The minimum Gasteiger partial charge on any atom is -0.652 e. The number of hydrogen-bond acceptors (Lipinski definition) is 14. The van der Waals surface area contributed by atoms with Crippen molar-refractivity contribution in [1.82, 2.24) is 4.90 Å². The molecule has 486 valence electrons. The van der Waals surface area contributed by atoms with Crippen LogP contribution in [-0.2, 0) is 65.4 Å². The average Bonchev–Trinajstić information content (AvgIpc) is 2.53. The van der Waals surface area contributed by atoms with E-state index in [1.54, 1.807) is 47.6 Å². The van der Waals surface area contributed by atoms with Crippen LogP contribution in [-0.4, -0.2) is 99.5 Å². The Morgan fingerprint density at radius 2 is 0.932 bits per heavy atom. The molecule has 88 heavy (non-hydrogen) atoms. The van der Waals surface area contributed by atoms with E-state index in [2.05, 4.69) is 128 Å². The second kappa shape index (κ2) is 47.7. The number of aliphatic carboxylic acids is 1. The summed E-state index contributed by atoms with van der Waals surface area (Å²) in [5.41, 5.74) is 13.8. The molecule has 5 atom stereocenters. The number of rotatable bonds is 18. The minimum atomic E-state index is -2.41. The van der Waals surface area contributed by atoms with E-state index >= 15 is 0 Å². The predicted molar refractivity (Wildman–Crippen MR) is 354 cm³/mol. The average molecular weight is 1230 g/mol. The van der Waals surface area contributed by atoms with Gasteiger partial charge in [0.2, 0.25) is 0 Å². The summed E-state index contributed by atoms with van der Waals surface area (Å²) in [7, 11) is -2.41. The fraction of sp³-hybridized carbons (Fsp3) is 0.522. The summed E-state index contributed by atoms with van der Waals surface area (Å²) in [6, 6.07) is 41.8. The molecule has 0 aliphatic carbocycles. The molecule has 0 spiro atoms. The summed E-state index contributed by atoms with van der Waals surface area (Å²) in [6.45, 7) is 41.4. The van der Waals surface area contributed by atoms with Crippen molar-refractivity contribution in [3.8, 4) is 0 Å². The molecule has 0 aliphatic heterocycles. The number of carbonyl (C=O) groups is 6. The largest absolute Gasteiger partial charge is 1.00 e. The normalized spacial score (nSPS) is 12.6. The van der Waals surface area contributed by atoms with Crippen molar-refractivity contribution in [3.05, 3.63) is 167 Å². The maximum atomic E-state index is 12.3. The van der Waals surface area contributed by atoms with Gasteiger partial charge in [-0.05, 0) is 163 Å². The van der Waals surface area contributed by atoms with E-state index in [1.165, 1.54) is 55.5 Å². The van der Waals surface area contributed by atoms with Gasteiger partial charge < -0.3 is 50.2 Å². The molecule has 0 saturated heterocycles. The van der Waals surface area contributed by atoms with E-state index in [-0.39, 0.29) is 111 Å². The second-order valence-electron chi connectivity index (χ2n) is 25.2. The molecule has 0 aliphatic rings. The van der Waals surface area contributed by atoms with Gasteiger partial charge >= 0.3 is 61.6 Å². The van der Waals surface area contributed by atoms with E-state index in [1.807, 2.05) is 86.6 Å². The van der Waals surface area contributed by atoms with Crippen LogP contribution in [0.3, 0.4) is 0 Å². The first-order chi connectivity index (χ1) is 39.3. The van der Waals surface area contributed by atoms with Crippen molar-refractivity contribution in [3.63, 3.8) is 0 Å². The number of nitrogens with two attached hydrogens (primary N) is 2. The maximum absolute atomic E-state index is 12.3. The van der Waals surface area contributed by atoms with Crippen LogP contribution in [0, 0.1) is 6.16 Å². The van der Waals surface area contributed by atoms with Gasteiger partial charge in [0.05, 0.1) is 19.3 Å². The number of carbonyl (C=O) groups excluding carboxylic acids is 5. The molecule has 0 unspecified atom stereocenters. The quantitative estimate of drug-likeness (QED) is 0.0210. The summed E-state index contributed by atoms with van der Waals surface area (Å²) >= 11 is 0. The van der Waals surface area contributed by atoms with E-state index in [0.29, 0.717) is 6.42 Å². The molecule has 0 heterocycles. The van der Waals surface area contributed by atoms with Crippen LogP contribution in [0.15, 0.2) is 133 Å². The molecule has 0 saturated carbocycles. The van der Waals surface area contributed by atoms with Gasteiger partial charge in [-0.15, -0.1) is 12.6 Å². The molecule has 19 heteroatoms. The molecule has 0 aromatic heterocycles. The molecule has 4 aromatic carbocycles. The van der Waals surface area contributed by atoms with Crippen molar-refractivity contribution in [1.29, 1.82) is 0 Å². The Hall–Kier alpha value is -5.23. The monoisotopic (exact) mass is 1230 g/mol. The molecule has 4 rings (SSSR count). The van der Waals surface area contributed by atoms with E-state index in [9.17, 15) is 33.3 Å². The molecular weight excluding hydrogens is 1120 g/mol. The van der Waals surface area contributed by atoms with Gasteiger partial charge in [0, 0.05) is 38.2 Å². The molecule has 0 amide bonds. The summed E-state index contributed by atoms with van der Waals surface area (Å²) in [6.07, 6.45) is 4.94. The molecule has 4 aromatic rings. The van der Waals surface area contributed by atoms with Gasteiger partial charge in [-0.2, -0.15) is 0 Å².